The van der Waals surface area contributed by atoms with Crippen LogP contribution in [0.4, 0.5) is 0 Å². The van der Waals surface area contributed by atoms with Gasteiger partial charge in [-0.25, -0.2) is 0 Å². The smallest absolute Gasteiger partial charge is 0.220 e. The standard InChI is InChI=1S/C17H32N2O2/c1-13(14-7-4-8-18-10-14)9-17(21)19-11-15-5-2-3-6-16(15)12-20/h13-16,18,20H,2-12H2,1H3,(H,19,21). The zero-order chi connectivity index (χ0) is 15.1. The van der Waals surface area contributed by atoms with Crippen LogP contribution in [0.3, 0.4) is 0 Å². The Morgan fingerprint density at radius 2 is 2.00 bits per heavy atom. The molecule has 0 aromatic carbocycles. The van der Waals surface area contributed by atoms with Crippen molar-refractivity contribution in [1.29, 1.82) is 0 Å². The summed E-state index contributed by atoms with van der Waals surface area (Å²) in [6.45, 7) is 5.40. The summed E-state index contributed by atoms with van der Waals surface area (Å²) in [5, 5.41) is 16.0. The molecule has 2 fully saturated rings. The highest BCUT2D eigenvalue weighted by Gasteiger charge is 2.26. The van der Waals surface area contributed by atoms with Crippen molar-refractivity contribution in [2.45, 2.75) is 51.9 Å². The van der Waals surface area contributed by atoms with Crippen LogP contribution in [0.25, 0.3) is 0 Å². The topological polar surface area (TPSA) is 61.4 Å². The summed E-state index contributed by atoms with van der Waals surface area (Å²) in [7, 11) is 0. The quantitative estimate of drug-likeness (QED) is 0.702. The van der Waals surface area contributed by atoms with Crippen molar-refractivity contribution in [3.63, 3.8) is 0 Å². The molecule has 2 aliphatic rings. The highest BCUT2D eigenvalue weighted by atomic mass is 16.3. The predicted octanol–water partition coefficient (Wildman–Crippen LogP) is 1.93. The summed E-state index contributed by atoms with van der Waals surface area (Å²) >= 11 is 0. The van der Waals surface area contributed by atoms with Crippen LogP contribution in [0.2, 0.25) is 0 Å². The first-order valence-corrected chi connectivity index (χ1v) is 8.79. The van der Waals surface area contributed by atoms with Crippen molar-refractivity contribution in [3.8, 4) is 0 Å². The molecule has 1 heterocycles. The molecule has 0 spiro atoms. The molecule has 1 aliphatic heterocycles. The van der Waals surface area contributed by atoms with Crippen LogP contribution in [0.1, 0.15) is 51.9 Å². The van der Waals surface area contributed by atoms with Gasteiger partial charge < -0.3 is 15.7 Å². The fraction of sp³-hybridized carbons (Fsp3) is 0.941. The number of nitrogens with one attached hydrogen (secondary N) is 2. The van der Waals surface area contributed by atoms with Crippen LogP contribution < -0.4 is 10.6 Å². The number of aliphatic hydroxyl groups is 1. The van der Waals surface area contributed by atoms with E-state index in [1.54, 1.807) is 0 Å². The van der Waals surface area contributed by atoms with E-state index >= 15 is 0 Å². The minimum absolute atomic E-state index is 0.190. The highest BCUT2D eigenvalue weighted by Crippen LogP contribution is 2.29. The van der Waals surface area contributed by atoms with Gasteiger partial charge in [0.1, 0.15) is 0 Å². The van der Waals surface area contributed by atoms with Crippen molar-refractivity contribution in [2.24, 2.45) is 23.7 Å². The molecule has 1 amide bonds. The molecule has 21 heavy (non-hydrogen) atoms. The third-order valence-corrected chi connectivity index (χ3v) is 5.51. The Hall–Kier alpha value is -0.610. The van der Waals surface area contributed by atoms with Crippen molar-refractivity contribution in [1.82, 2.24) is 10.6 Å². The molecule has 4 nitrogen and oxygen atoms in total. The maximum absolute atomic E-state index is 12.1. The van der Waals surface area contributed by atoms with Crippen molar-refractivity contribution in [2.75, 3.05) is 26.2 Å². The maximum Gasteiger partial charge on any atom is 0.220 e. The molecule has 1 aliphatic carbocycles. The zero-order valence-electron chi connectivity index (χ0n) is 13.4. The molecule has 4 unspecified atom stereocenters. The second-order valence-corrected chi connectivity index (χ2v) is 7.08. The third kappa shape index (κ3) is 5.26. The van der Waals surface area contributed by atoms with E-state index in [-0.39, 0.29) is 12.5 Å². The van der Waals surface area contributed by atoms with Gasteiger partial charge in [0.2, 0.25) is 5.91 Å². The van der Waals surface area contributed by atoms with Crippen LogP contribution in [-0.2, 0) is 4.79 Å². The van der Waals surface area contributed by atoms with Crippen LogP contribution in [0.5, 0.6) is 0 Å². The molecule has 0 bridgehead atoms. The number of aliphatic hydroxyl groups excluding tert-OH is 1. The van der Waals surface area contributed by atoms with Crippen LogP contribution in [0, 0.1) is 23.7 Å². The lowest BCUT2D eigenvalue weighted by atomic mass is 9.79. The van der Waals surface area contributed by atoms with Gasteiger partial charge in [-0.15, -0.1) is 0 Å². The van der Waals surface area contributed by atoms with Gasteiger partial charge >= 0.3 is 0 Å². The fourth-order valence-corrected chi connectivity index (χ4v) is 3.93. The average molecular weight is 296 g/mol. The van der Waals surface area contributed by atoms with Crippen molar-refractivity contribution in [3.05, 3.63) is 0 Å². The number of rotatable bonds is 6. The summed E-state index contributed by atoms with van der Waals surface area (Å²) in [4.78, 5) is 12.1. The molecular weight excluding hydrogens is 264 g/mol. The molecule has 0 radical (unpaired) electrons. The van der Waals surface area contributed by atoms with E-state index in [1.807, 2.05) is 0 Å². The van der Waals surface area contributed by atoms with Gasteiger partial charge in [0.15, 0.2) is 0 Å². The lowest BCUT2D eigenvalue weighted by molar-refractivity contribution is -0.122. The summed E-state index contributed by atoms with van der Waals surface area (Å²) in [5.41, 5.74) is 0. The van der Waals surface area contributed by atoms with Crippen molar-refractivity contribution < 1.29 is 9.90 Å². The van der Waals surface area contributed by atoms with Crippen molar-refractivity contribution >= 4 is 5.91 Å². The molecule has 122 valence electrons. The second kappa shape index (κ2) is 8.74. The van der Waals surface area contributed by atoms with Gasteiger partial charge in [-0.3, -0.25) is 4.79 Å². The van der Waals surface area contributed by atoms with E-state index in [1.165, 1.54) is 25.7 Å². The minimum Gasteiger partial charge on any atom is -0.396 e. The monoisotopic (exact) mass is 296 g/mol. The maximum atomic E-state index is 12.1. The van der Waals surface area contributed by atoms with Crippen LogP contribution in [0.15, 0.2) is 0 Å². The minimum atomic E-state index is 0.190. The second-order valence-electron chi connectivity index (χ2n) is 7.08. The number of amides is 1. The highest BCUT2D eigenvalue weighted by molar-refractivity contribution is 5.76. The SMILES string of the molecule is CC(CC(=O)NCC1CCCCC1CO)C1CCCNC1. The molecule has 2 rings (SSSR count). The zero-order valence-corrected chi connectivity index (χ0v) is 13.4. The Balaban J connectivity index is 1.68. The Kier molecular flexibility index (Phi) is 6.97. The molecule has 4 heteroatoms. The van der Waals surface area contributed by atoms with Gasteiger partial charge in [-0.05, 0) is 62.4 Å². The predicted molar refractivity (Wildman–Crippen MR) is 84.9 cm³/mol. The van der Waals surface area contributed by atoms with Gasteiger partial charge in [-0.2, -0.15) is 0 Å². The molecule has 3 N–H and O–H groups in total. The van der Waals surface area contributed by atoms with Crippen LogP contribution in [-0.4, -0.2) is 37.3 Å². The van der Waals surface area contributed by atoms with Gasteiger partial charge in [0.05, 0.1) is 0 Å². The summed E-state index contributed by atoms with van der Waals surface area (Å²) < 4.78 is 0. The normalized spacial score (nSPS) is 31.6. The number of hydrogen-bond acceptors (Lipinski definition) is 3. The first kappa shape index (κ1) is 16.8. The molecule has 0 aromatic rings. The summed E-state index contributed by atoms with van der Waals surface area (Å²) in [6.07, 6.45) is 7.84. The average Bonchev–Trinajstić information content (AvgIpc) is 2.54. The molecule has 4 atom stereocenters. The van der Waals surface area contributed by atoms with E-state index < -0.39 is 0 Å². The Morgan fingerprint density at radius 1 is 1.24 bits per heavy atom. The first-order valence-electron chi connectivity index (χ1n) is 8.79. The Labute approximate surface area is 129 Å². The van der Waals surface area contributed by atoms with E-state index in [2.05, 4.69) is 17.6 Å². The molecule has 1 saturated carbocycles. The largest absolute Gasteiger partial charge is 0.396 e. The number of carbonyl (C=O) groups is 1. The fourth-order valence-electron chi connectivity index (χ4n) is 3.93. The van der Waals surface area contributed by atoms with E-state index in [0.717, 1.165) is 32.5 Å². The van der Waals surface area contributed by atoms with Gasteiger partial charge in [-0.1, -0.05) is 19.8 Å². The molecule has 0 aromatic heterocycles. The first-order chi connectivity index (χ1) is 10.2. The molecule has 1 saturated heterocycles. The Bertz CT molecular complexity index is 316. The number of piperidine rings is 1. The van der Waals surface area contributed by atoms with E-state index in [9.17, 15) is 9.90 Å². The van der Waals surface area contributed by atoms with Crippen LogP contribution >= 0.6 is 0 Å². The van der Waals surface area contributed by atoms with Gasteiger partial charge in [0, 0.05) is 19.6 Å². The molecular formula is C17H32N2O2. The Morgan fingerprint density at radius 3 is 2.67 bits per heavy atom. The van der Waals surface area contributed by atoms with E-state index in [0.29, 0.717) is 30.1 Å². The third-order valence-electron chi connectivity index (χ3n) is 5.51. The summed E-state index contributed by atoms with van der Waals surface area (Å²) in [5.74, 6) is 2.15. The number of carbonyl (C=O) groups excluding carboxylic acids is 1. The lowest BCUT2D eigenvalue weighted by Crippen LogP contribution is -2.38. The number of hydrogen-bond donors (Lipinski definition) is 3. The van der Waals surface area contributed by atoms with Gasteiger partial charge in [0.25, 0.3) is 0 Å². The van der Waals surface area contributed by atoms with E-state index in [4.69, 9.17) is 0 Å². The lowest BCUT2D eigenvalue weighted by Gasteiger charge is -2.31. The summed E-state index contributed by atoms with van der Waals surface area (Å²) in [6, 6.07) is 0.